The molecule has 0 bridgehead atoms. The highest BCUT2D eigenvalue weighted by molar-refractivity contribution is 5.94. The molecule has 2 aromatic carbocycles. The Morgan fingerprint density at radius 1 is 1.05 bits per heavy atom. The zero-order chi connectivity index (χ0) is 15.0. The quantitative estimate of drug-likeness (QED) is 0.577. The van der Waals surface area contributed by atoms with Crippen LogP contribution in [0.5, 0.6) is 0 Å². The Hall–Kier alpha value is -2.95. The predicted octanol–water partition coefficient (Wildman–Crippen LogP) is 3.41. The van der Waals surface area contributed by atoms with Gasteiger partial charge in [-0.3, -0.25) is 14.9 Å². The molecule has 0 amide bonds. The lowest BCUT2D eigenvalue weighted by molar-refractivity contribution is -0.384. The number of hydrogen-bond donors (Lipinski definition) is 1. The summed E-state index contributed by atoms with van der Waals surface area (Å²) in [4.78, 5) is 24.9. The maximum atomic E-state index is 11.8. The number of pyridine rings is 1. The van der Waals surface area contributed by atoms with Crippen LogP contribution in [0.4, 0.5) is 5.69 Å². The maximum Gasteiger partial charge on any atom is 0.269 e. The first-order chi connectivity index (χ1) is 10.0. The molecule has 0 aliphatic rings. The van der Waals surface area contributed by atoms with Crippen LogP contribution in [-0.2, 0) is 0 Å². The van der Waals surface area contributed by atoms with Gasteiger partial charge in [0.25, 0.3) is 5.69 Å². The van der Waals surface area contributed by atoms with Crippen molar-refractivity contribution in [1.29, 1.82) is 0 Å². The molecule has 21 heavy (non-hydrogen) atoms. The maximum absolute atomic E-state index is 11.8. The molecule has 1 heterocycles. The largest absolute Gasteiger partial charge is 0.322 e. The summed E-state index contributed by atoms with van der Waals surface area (Å²) >= 11 is 0. The third kappa shape index (κ3) is 2.41. The molecule has 5 nitrogen and oxygen atoms in total. The van der Waals surface area contributed by atoms with E-state index in [1.165, 1.54) is 18.2 Å². The number of benzene rings is 2. The van der Waals surface area contributed by atoms with Gasteiger partial charge in [0, 0.05) is 29.1 Å². The normalized spacial score (nSPS) is 10.7. The van der Waals surface area contributed by atoms with E-state index in [-0.39, 0.29) is 11.2 Å². The van der Waals surface area contributed by atoms with Gasteiger partial charge < -0.3 is 4.98 Å². The molecule has 3 aromatic rings. The van der Waals surface area contributed by atoms with Crippen molar-refractivity contribution in [3.8, 4) is 11.1 Å². The summed E-state index contributed by atoms with van der Waals surface area (Å²) in [5.74, 6) is 0. The third-order valence-corrected chi connectivity index (χ3v) is 3.39. The summed E-state index contributed by atoms with van der Waals surface area (Å²) in [6.45, 7) is 1.95. The average Bonchev–Trinajstić information content (AvgIpc) is 2.46. The highest BCUT2D eigenvalue weighted by atomic mass is 16.6. The van der Waals surface area contributed by atoms with E-state index in [9.17, 15) is 14.9 Å². The van der Waals surface area contributed by atoms with E-state index in [1.54, 1.807) is 12.1 Å². The number of hydrogen-bond acceptors (Lipinski definition) is 3. The number of nitro groups is 1. The second kappa shape index (κ2) is 4.86. The molecule has 0 aliphatic heterocycles. The van der Waals surface area contributed by atoms with Gasteiger partial charge in [-0.1, -0.05) is 12.1 Å². The molecule has 0 unspecified atom stereocenters. The van der Waals surface area contributed by atoms with Crippen LogP contribution in [0.2, 0.25) is 0 Å². The van der Waals surface area contributed by atoms with Crippen molar-refractivity contribution < 1.29 is 4.92 Å². The van der Waals surface area contributed by atoms with Crippen molar-refractivity contribution in [3.63, 3.8) is 0 Å². The van der Waals surface area contributed by atoms with Crippen LogP contribution in [0.3, 0.4) is 0 Å². The highest BCUT2D eigenvalue weighted by Crippen LogP contribution is 2.28. The van der Waals surface area contributed by atoms with Gasteiger partial charge >= 0.3 is 0 Å². The smallest absolute Gasteiger partial charge is 0.269 e. The Morgan fingerprint density at radius 3 is 2.43 bits per heavy atom. The second-order valence-corrected chi connectivity index (χ2v) is 4.90. The Bertz CT molecular complexity index is 896. The minimum absolute atomic E-state index is 0.0312. The summed E-state index contributed by atoms with van der Waals surface area (Å²) < 4.78 is 0. The van der Waals surface area contributed by atoms with Gasteiger partial charge in [0.1, 0.15) is 0 Å². The zero-order valence-corrected chi connectivity index (χ0v) is 11.3. The highest BCUT2D eigenvalue weighted by Gasteiger charge is 2.09. The van der Waals surface area contributed by atoms with E-state index in [0.29, 0.717) is 0 Å². The van der Waals surface area contributed by atoms with Crippen molar-refractivity contribution >= 4 is 16.6 Å². The first kappa shape index (κ1) is 13.1. The topological polar surface area (TPSA) is 76.0 Å². The van der Waals surface area contributed by atoms with E-state index in [0.717, 1.165) is 27.6 Å². The third-order valence-electron chi connectivity index (χ3n) is 3.39. The van der Waals surface area contributed by atoms with E-state index in [2.05, 4.69) is 4.98 Å². The minimum Gasteiger partial charge on any atom is -0.322 e. The Labute approximate surface area is 120 Å². The van der Waals surface area contributed by atoms with Crippen molar-refractivity contribution in [2.45, 2.75) is 6.92 Å². The molecule has 3 rings (SSSR count). The van der Waals surface area contributed by atoms with E-state index in [4.69, 9.17) is 0 Å². The van der Waals surface area contributed by atoms with Crippen LogP contribution in [0.15, 0.2) is 53.3 Å². The van der Waals surface area contributed by atoms with E-state index >= 15 is 0 Å². The number of nitrogens with one attached hydrogen (secondary N) is 1. The molecule has 1 aromatic heterocycles. The number of aromatic amines is 1. The van der Waals surface area contributed by atoms with E-state index in [1.807, 2.05) is 25.1 Å². The molecule has 104 valence electrons. The van der Waals surface area contributed by atoms with Crippen LogP contribution in [0.25, 0.3) is 22.0 Å². The fraction of sp³-hybridized carbons (Fsp3) is 0.0625. The second-order valence-electron chi connectivity index (χ2n) is 4.90. The van der Waals surface area contributed by atoms with Crippen LogP contribution >= 0.6 is 0 Å². The lowest BCUT2D eigenvalue weighted by Crippen LogP contribution is -2.05. The van der Waals surface area contributed by atoms with Crippen LogP contribution < -0.4 is 5.56 Å². The number of non-ortho nitro benzene ring substituents is 1. The summed E-state index contributed by atoms with van der Waals surface area (Å²) in [5.41, 5.74) is 3.20. The first-order valence-corrected chi connectivity index (χ1v) is 6.43. The lowest BCUT2D eigenvalue weighted by Gasteiger charge is -2.07. The van der Waals surface area contributed by atoms with Gasteiger partial charge in [0.15, 0.2) is 0 Å². The molecule has 0 saturated carbocycles. The predicted molar refractivity (Wildman–Crippen MR) is 81.4 cm³/mol. The van der Waals surface area contributed by atoms with Gasteiger partial charge in [0.2, 0.25) is 5.56 Å². The summed E-state index contributed by atoms with van der Waals surface area (Å²) in [6, 6.07) is 13.5. The zero-order valence-electron chi connectivity index (χ0n) is 11.3. The molecule has 1 N–H and O–H groups in total. The van der Waals surface area contributed by atoms with Crippen molar-refractivity contribution in [1.82, 2.24) is 4.98 Å². The standard InChI is InChI=1S/C16H12N2O3/c1-10-2-7-13-14(9-16(19)17-15(13)8-10)11-3-5-12(6-4-11)18(20)21/h2-9H,1H3,(H,17,19). The number of rotatable bonds is 2. The average molecular weight is 280 g/mol. The Balaban J connectivity index is 2.24. The Kier molecular flexibility index (Phi) is 3.02. The number of aromatic nitrogens is 1. The monoisotopic (exact) mass is 280 g/mol. The summed E-state index contributed by atoms with van der Waals surface area (Å²) in [6.07, 6.45) is 0. The van der Waals surface area contributed by atoms with Crippen LogP contribution in [0, 0.1) is 17.0 Å². The van der Waals surface area contributed by atoms with Crippen LogP contribution in [-0.4, -0.2) is 9.91 Å². The lowest BCUT2D eigenvalue weighted by atomic mass is 10.00. The van der Waals surface area contributed by atoms with Gasteiger partial charge in [-0.2, -0.15) is 0 Å². The molecule has 0 aliphatic carbocycles. The number of fused-ring (bicyclic) bond motifs is 1. The van der Waals surface area contributed by atoms with Gasteiger partial charge in [-0.25, -0.2) is 0 Å². The molecule has 0 saturated heterocycles. The minimum atomic E-state index is -0.441. The van der Waals surface area contributed by atoms with Gasteiger partial charge in [0.05, 0.1) is 4.92 Å². The summed E-state index contributed by atoms with van der Waals surface area (Å²) in [7, 11) is 0. The van der Waals surface area contributed by atoms with Crippen molar-refractivity contribution in [3.05, 3.63) is 74.6 Å². The molecule has 0 atom stereocenters. The number of nitro benzene ring substituents is 1. The van der Waals surface area contributed by atoms with Crippen molar-refractivity contribution in [2.75, 3.05) is 0 Å². The molecule has 0 fully saturated rings. The summed E-state index contributed by atoms with van der Waals surface area (Å²) in [5, 5.41) is 11.6. The SMILES string of the molecule is Cc1ccc2c(-c3ccc([N+](=O)[O-])cc3)cc(=O)[nH]c2c1. The fourth-order valence-electron chi connectivity index (χ4n) is 2.38. The molecule has 0 spiro atoms. The van der Waals surface area contributed by atoms with Crippen LogP contribution in [0.1, 0.15) is 5.56 Å². The molecular weight excluding hydrogens is 268 g/mol. The number of nitrogens with zero attached hydrogens (tertiary/aromatic N) is 1. The van der Waals surface area contributed by atoms with Gasteiger partial charge in [-0.15, -0.1) is 0 Å². The molecule has 0 radical (unpaired) electrons. The van der Waals surface area contributed by atoms with E-state index < -0.39 is 4.92 Å². The number of aryl methyl sites for hydroxylation is 1. The first-order valence-electron chi connectivity index (χ1n) is 6.43. The fourth-order valence-corrected chi connectivity index (χ4v) is 2.38. The van der Waals surface area contributed by atoms with Crippen molar-refractivity contribution in [2.24, 2.45) is 0 Å². The number of H-pyrrole nitrogens is 1. The van der Waals surface area contributed by atoms with Gasteiger partial charge in [-0.05, 0) is 41.8 Å². The molecular formula is C16H12N2O3. The Morgan fingerprint density at radius 2 is 1.76 bits per heavy atom. The molecule has 5 heteroatoms.